The standard InChI is InChI=1S/C18H31N3/c1-4-21(14-18-7-5-6-16(3)20-18)13-12-19-17-10-8-15(2)9-11-17/h5-7,15,17,19H,4,8-14H2,1-3H3. The Balaban J connectivity index is 1.70. The Labute approximate surface area is 130 Å². The molecule has 0 bridgehead atoms. The molecule has 0 radical (unpaired) electrons. The van der Waals surface area contributed by atoms with Crippen molar-refractivity contribution in [1.82, 2.24) is 15.2 Å². The molecule has 1 aliphatic carbocycles. The van der Waals surface area contributed by atoms with E-state index in [0.29, 0.717) is 0 Å². The molecule has 0 aromatic carbocycles. The van der Waals surface area contributed by atoms with Gasteiger partial charge in [0, 0.05) is 31.4 Å². The van der Waals surface area contributed by atoms with Gasteiger partial charge in [0.05, 0.1) is 5.69 Å². The van der Waals surface area contributed by atoms with Crippen molar-refractivity contribution in [3.8, 4) is 0 Å². The predicted molar refractivity (Wildman–Crippen MR) is 89.3 cm³/mol. The summed E-state index contributed by atoms with van der Waals surface area (Å²) in [4.78, 5) is 7.08. The Hall–Kier alpha value is -0.930. The predicted octanol–water partition coefficient (Wildman–Crippen LogP) is 3.38. The first kappa shape index (κ1) is 16.4. The zero-order valence-corrected chi connectivity index (χ0v) is 13.9. The summed E-state index contributed by atoms with van der Waals surface area (Å²) in [5, 5.41) is 3.74. The lowest BCUT2D eigenvalue weighted by atomic mass is 9.87. The number of rotatable bonds is 7. The number of aryl methyl sites for hydroxylation is 1. The van der Waals surface area contributed by atoms with Crippen LogP contribution in [0.4, 0.5) is 0 Å². The fourth-order valence-electron chi connectivity index (χ4n) is 3.16. The number of hydrogen-bond donors (Lipinski definition) is 1. The number of nitrogens with one attached hydrogen (secondary N) is 1. The molecule has 1 heterocycles. The molecule has 0 atom stereocenters. The largest absolute Gasteiger partial charge is 0.313 e. The Morgan fingerprint density at radius 2 is 2.00 bits per heavy atom. The minimum Gasteiger partial charge on any atom is -0.313 e. The van der Waals surface area contributed by atoms with Crippen molar-refractivity contribution in [3.63, 3.8) is 0 Å². The Bertz CT molecular complexity index is 411. The first-order valence-electron chi connectivity index (χ1n) is 8.55. The van der Waals surface area contributed by atoms with Crippen LogP contribution >= 0.6 is 0 Å². The van der Waals surface area contributed by atoms with E-state index >= 15 is 0 Å². The van der Waals surface area contributed by atoms with E-state index in [4.69, 9.17) is 0 Å². The van der Waals surface area contributed by atoms with E-state index in [-0.39, 0.29) is 0 Å². The van der Waals surface area contributed by atoms with Gasteiger partial charge in [0.15, 0.2) is 0 Å². The third-order valence-corrected chi connectivity index (χ3v) is 4.66. The molecule has 2 rings (SSSR count). The lowest BCUT2D eigenvalue weighted by Gasteiger charge is -2.28. The summed E-state index contributed by atoms with van der Waals surface area (Å²) in [5.41, 5.74) is 2.29. The molecule has 3 nitrogen and oxygen atoms in total. The van der Waals surface area contributed by atoms with Crippen LogP contribution in [0, 0.1) is 12.8 Å². The van der Waals surface area contributed by atoms with Crippen LogP contribution in [0.15, 0.2) is 18.2 Å². The average molecular weight is 289 g/mol. The summed E-state index contributed by atoms with van der Waals surface area (Å²) >= 11 is 0. The van der Waals surface area contributed by atoms with Crippen LogP contribution in [0.1, 0.15) is 50.9 Å². The lowest BCUT2D eigenvalue weighted by Crippen LogP contribution is -2.38. The summed E-state index contributed by atoms with van der Waals surface area (Å²) < 4.78 is 0. The molecule has 0 unspecified atom stereocenters. The van der Waals surface area contributed by atoms with E-state index in [1.165, 1.54) is 31.4 Å². The zero-order valence-electron chi connectivity index (χ0n) is 13.9. The van der Waals surface area contributed by atoms with Crippen LogP contribution in [0.25, 0.3) is 0 Å². The van der Waals surface area contributed by atoms with Crippen molar-refractivity contribution < 1.29 is 0 Å². The molecule has 1 aliphatic rings. The molecule has 0 amide bonds. The molecular weight excluding hydrogens is 258 g/mol. The smallest absolute Gasteiger partial charge is 0.0547 e. The first-order chi connectivity index (χ1) is 10.2. The van der Waals surface area contributed by atoms with Crippen LogP contribution in [0.5, 0.6) is 0 Å². The van der Waals surface area contributed by atoms with Crippen LogP contribution < -0.4 is 5.32 Å². The normalized spacial score (nSPS) is 22.7. The minimum absolute atomic E-state index is 0.747. The highest BCUT2D eigenvalue weighted by Crippen LogP contribution is 2.23. The second-order valence-corrected chi connectivity index (χ2v) is 6.55. The molecule has 1 fully saturated rings. The summed E-state index contributed by atoms with van der Waals surface area (Å²) in [7, 11) is 0. The third-order valence-electron chi connectivity index (χ3n) is 4.66. The van der Waals surface area contributed by atoms with Gasteiger partial charge in [-0.05, 0) is 57.2 Å². The van der Waals surface area contributed by atoms with Crippen molar-refractivity contribution in [1.29, 1.82) is 0 Å². The molecular formula is C18H31N3. The van der Waals surface area contributed by atoms with Gasteiger partial charge in [0.2, 0.25) is 0 Å². The van der Waals surface area contributed by atoms with E-state index in [0.717, 1.165) is 43.8 Å². The number of nitrogens with zero attached hydrogens (tertiary/aromatic N) is 2. The van der Waals surface area contributed by atoms with Crippen LogP contribution in [-0.4, -0.2) is 35.6 Å². The number of aromatic nitrogens is 1. The Morgan fingerprint density at radius 3 is 2.67 bits per heavy atom. The van der Waals surface area contributed by atoms with Crippen molar-refractivity contribution in [3.05, 3.63) is 29.6 Å². The molecule has 1 aromatic rings. The van der Waals surface area contributed by atoms with E-state index < -0.39 is 0 Å². The molecule has 1 saturated carbocycles. The fourth-order valence-corrected chi connectivity index (χ4v) is 3.16. The van der Waals surface area contributed by atoms with Crippen molar-refractivity contribution >= 4 is 0 Å². The quantitative estimate of drug-likeness (QED) is 0.834. The van der Waals surface area contributed by atoms with Crippen molar-refractivity contribution in [2.45, 2.75) is 59.0 Å². The summed E-state index contributed by atoms with van der Waals surface area (Å²) in [6, 6.07) is 7.04. The van der Waals surface area contributed by atoms with Gasteiger partial charge >= 0.3 is 0 Å². The van der Waals surface area contributed by atoms with Gasteiger partial charge in [-0.3, -0.25) is 9.88 Å². The van der Waals surface area contributed by atoms with Crippen LogP contribution in [0.2, 0.25) is 0 Å². The molecule has 1 aromatic heterocycles. The highest BCUT2D eigenvalue weighted by Gasteiger charge is 2.17. The molecule has 0 aliphatic heterocycles. The molecule has 0 saturated heterocycles. The van der Waals surface area contributed by atoms with Crippen LogP contribution in [-0.2, 0) is 6.54 Å². The molecule has 3 heteroatoms. The van der Waals surface area contributed by atoms with Gasteiger partial charge in [-0.2, -0.15) is 0 Å². The Kier molecular flexibility index (Phi) is 6.65. The van der Waals surface area contributed by atoms with E-state index in [1.54, 1.807) is 0 Å². The minimum atomic E-state index is 0.747. The summed E-state index contributed by atoms with van der Waals surface area (Å²) in [5.74, 6) is 0.933. The topological polar surface area (TPSA) is 28.2 Å². The average Bonchev–Trinajstić information content (AvgIpc) is 2.48. The van der Waals surface area contributed by atoms with Crippen molar-refractivity contribution in [2.24, 2.45) is 5.92 Å². The maximum absolute atomic E-state index is 4.61. The maximum atomic E-state index is 4.61. The molecule has 0 spiro atoms. The monoisotopic (exact) mass is 289 g/mol. The van der Waals surface area contributed by atoms with E-state index in [1.807, 2.05) is 0 Å². The highest BCUT2D eigenvalue weighted by molar-refractivity contribution is 5.09. The summed E-state index contributed by atoms with van der Waals surface area (Å²) in [6.07, 6.45) is 5.49. The van der Waals surface area contributed by atoms with Crippen molar-refractivity contribution in [2.75, 3.05) is 19.6 Å². The zero-order chi connectivity index (χ0) is 15.1. The number of pyridine rings is 1. The Morgan fingerprint density at radius 1 is 1.24 bits per heavy atom. The first-order valence-corrected chi connectivity index (χ1v) is 8.55. The molecule has 118 valence electrons. The SMILES string of the molecule is CCN(CCNC1CCC(C)CC1)Cc1cccc(C)n1. The van der Waals surface area contributed by atoms with E-state index in [9.17, 15) is 0 Å². The summed E-state index contributed by atoms with van der Waals surface area (Å²) in [6.45, 7) is 10.9. The highest BCUT2D eigenvalue weighted by atomic mass is 15.1. The van der Waals surface area contributed by atoms with Gasteiger partial charge in [0.1, 0.15) is 0 Å². The van der Waals surface area contributed by atoms with Gasteiger partial charge in [0.25, 0.3) is 0 Å². The van der Waals surface area contributed by atoms with Gasteiger partial charge in [-0.25, -0.2) is 0 Å². The lowest BCUT2D eigenvalue weighted by molar-refractivity contribution is 0.254. The van der Waals surface area contributed by atoms with Gasteiger partial charge in [-0.15, -0.1) is 0 Å². The third kappa shape index (κ3) is 5.76. The van der Waals surface area contributed by atoms with Gasteiger partial charge in [-0.1, -0.05) is 19.9 Å². The van der Waals surface area contributed by atoms with E-state index in [2.05, 4.69) is 54.2 Å². The number of likely N-dealkylation sites (N-methyl/N-ethyl adjacent to an activating group) is 1. The molecule has 1 N–H and O–H groups in total. The van der Waals surface area contributed by atoms with Crippen LogP contribution in [0.3, 0.4) is 0 Å². The number of hydrogen-bond acceptors (Lipinski definition) is 3. The van der Waals surface area contributed by atoms with Gasteiger partial charge < -0.3 is 5.32 Å². The fraction of sp³-hybridized carbons (Fsp3) is 0.722. The molecule has 21 heavy (non-hydrogen) atoms. The second kappa shape index (κ2) is 8.50. The second-order valence-electron chi connectivity index (χ2n) is 6.55. The maximum Gasteiger partial charge on any atom is 0.0547 e.